The highest BCUT2D eigenvalue weighted by Gasteiger charge is 2.37. The molecule has 1 aliphatic heterocycles. The van der Waals surface area contributed by atoms with E-state index in [1.54, 1.807) is 0 Å². The maximum Gasteiger partial charge on any atom is 0.169 e. The fraction of sp³-hybridized carbons (Fsp3) is 0.389. The lowest BCUT2D eigenvalue weighted by Crippen LogP contribution is -2.41. The van der Waals surface area contributed by atoms with Crippen molar-refractivity contribution in [3.63, 3.8) is 0 Å². The van der Waals surface area contributed by atoms with Crippen molar-refractivity contribution in [3.8, 4) is 0 Å². The SMILES string of the molecule is CCC1(C(=O)c2ccc3ccccc3c2)CCNCC1. The molecule has 104 valence electrons. The van der Waals surface area contributed by atoms with Gasteiger partial charge in [0.25, 0.3) is 0 Å². The Morgan fingerprint density at radius 2 is 1.80 bits per heavy atom. The lowest BCUT2D eigenvalue weighted by atomic mass is 9.71. The van der Waals surface area contributed by atoms with Gasteiger partial charge in [0.05, 0.1) is 0 Å². The molecule has 3 rings (SSSR count). The molecule has 2 nitrogen and oxygen atoms in total. The summed E-state index contributed by atoms with van der Waals surface area (Å²) >= 11 is 0. The van der Waals surface area contributed by atoms with Crippen LogP contribution in [0.4, 0.5) is 0 Å². The molecule has 0 spiro atoms. The molecule has 0 bridgehead atoms. The van der Waals surface area contributed by atoms with E-state index in [1.807, 2.05) is 18.2 Å². The number of ketones is 1. The number of nitrogens with one attached hydrogen (secondary N) is 1. The van der Waals surface area contributed by atoms with Gasteiger partial charge in [-0.2, -0.15) is 0 Å². The summed E-state index contributed by atoms with van der Waals surface area (Å²) in [6.07, 6.45) is 2.84. The van der Waals surface area contributed by atoms with Crippen molar-refractivity contribution in [3.05, 3.63) is 48.0 Å². The Morgan fingerprint density at radius 3 is 2.50 bits per heavy atom. The second kappa shape index (κ2) is 5.37. The molecule has 0 radical (unpaired) electrons. The average molecular weight is 267 g/mol. The minimum absolute atomic E-state index is 0.159. The third-order valence-corrected chi connectivity index (χ3v) is 4.73. The van der Waals surface area contributed by atoms with Crippen LogP contribution in [0, 0.1) is 5.41 Å². The van der Waals surface area contributed by atoms with Crippen LogP contribution in [0.15, 0.2) is 42.5 Å². The summed E-state index contributed by atoms with van der Waals surface area (Å²) in [7, 11) is 0. The summed E-state index contributed by atoms with van der Waals surface area (Å²) in [5.41, 5.74) is 0.709. The van der Waals surface area contributed by atoms with E-state index in [9.17, 15) is 4.79 Å². The lowest BCUT2D eigenvalue weighted by Gasteiger charge is -2.35. The first-order valence-electron chi connectivity index (χ1n) is 7.49. The molecule has 0 aromatic heterocycles. The molecule has 1 heterocycles. The van der Waals surface area contributed by atoms with Crippen LogP contribution in [-0.4, -0.2) is 18.9 Å². The predicted molar refractivity (Wildman–Crippen MR) is 83.1 cm³/mol. The van der Waals surface area contributed by atoms with E-state index in [4.69, 9.17) is 0 Å². The van der Waals surface area contributed by atoms with Crippen LogP contribution in [0.25, 0.3) is 10.8 Å². The Kier molecular flexibility index (Phi) is 3.58. The molecular weight excluding hydrogens is 246 g/mol. The monoisotopic (exact) mass is 267 g/mol. The van der Waals surface area contributed by atoms with Crippen molar-refractivity contribution in [2.24, 2.45) is 5.41 Å². The van der Waals surface area contributed by atoms with E-state index >= 15 is 0 Å². The topological polar surface area (TPSA) is 29.1 Å². The summed E-state index contributed by atoms with van der Waals surface area (Å²) in [5, 5.41) is 5.70. The summed E-state index contributed by atoms with van der Waals surface area (Å²) in [5.74, 6) is 0.326. The van der Waals surface area contributed by atoms with E-state index in [0.29, 0.717) is 5.78 Å². The Morgan fingerprint density at radius 1 is 1.10 bits per heavy atom. The van der Waals surface area contributed by atoms with E-state index in [2.05, 4.69) is 36.5 Å². The average Bonchev–Trinajstić information content (AvgIpc) is 2.54. The van der Waals surface area contributed by atoms with Gasteiger partial charge in [-0.1, -0.05) is 43.3 Å². The number of hydrogen-bond acceptors (Lipinski definition) is 2. The summed E-state index contributed by atoms with van der Waals surface area (Å²) < 4.78 is 0. The van der Waals surface area contributed by atoms with E-state index < -0.39 is 0 Å². The molecule has 0 unspecified atom stereocenters. The Hall–Kier alpha value is -1.67. The highest BCUT2D eigenvalue weighted by Crippen LogP contribution is 2.36. The fourth-order valence-corrected chi connectivity index (χ4v) is 3.28. The number of hydrogen-bond donors (Lipinski definition) is 1. The first-order chi connectivity index (χ1) is 9.75. The van der Waals surface area contributed by atoms with Crippen LogP contribution in [0.1, 0.15) is 36.5 Å². The lowest BCUT2D eigenvalue weighted by molar-refractivity contribution is 0.0718. The molecule has 2 aromatic rings. The zero-order valence-corrected chi connectivity index (χ0v) is 12.0. The normalized spacial score (nSPS) is 18.1. The summed E-state index contributed by atoms with van der Waals surface area (Å²) in [4.78, 5) is 13.0. The minimum Gasteiger partial charge on any atom is -0.317 e. The van der Waals surface area contributed by atoms with Crippen molar-refractivity contribution in [1.29, 1.82) is 0 Å². The van der Waals surface area contributed by atoms with E-state index in [0.717, 1.165) is 43.3 Å². The smallest absolute Gasteiger partial charge is 0.169 e. The molecule has 1 N–H and O–H groups in total. The quantitative estimate of drug-likeness (QED) is 0.857. The van der Waals surface area contributed by atoms with Crippen molar-refractivity contribution in [2.75, 3.05) is 13.1 Å². The number of rotatable bonds is 3. The van der Waals surface area contributed by atoms with Gasteiger partial charge in [-0.15, -0.1) is 0 Å². The van der Waals surface area contributed by atoms with Gasteiger partial charge in [-0.25, -0.2) is 0 Å². The Bertz CT molecular complexity index is 626. The molecule has 1 fully saturated rings. The highest BCUT2D eigenvalue weighted by molar-refractivity contribution is 6.03. The van der Waals surface area contributed by atoms with Crippen molar-refractivity contribution < 1.29 is 4.79 Å². The minimum atomic E-state index is -0.159. The number of benzene rings is 2. The van der Waals surface area contributed by atoms with Crippen LogP contribution in [0.2, 0.25) is 0 Å². The number of Topliss-reactive ketones (excluding diaryl/α,β-unsaturated/α-hetero) is 1. The Labute approximate surface area is 120 Å². The largest absolute Gasteiger partial charge is 0.317 e. The van der Waals surface area contributed by atoms with Gasteiger partial charge < -0.3 is 5.32 Å². The van der Waals surface area contributed by atoms with Gasteiger partial charge in [0.2, 0.25) is 0 Å². The van der Waals surface area contributed by atoms with Gasteiger partial charge in [0, 0.05) is 11.0 Å². The standard InChI is InChI=1S/C18H21NO/c1-2-18(9-11-19-12-10-18)17(20)16-8-7-14-5-3-4-6-15(14)13-16/h3-8,13,19H,2,9-12H2,1H3. The number of fused-ring (bicyclic) bond motifs is 1. The first kappa shape index (κ1) is 13.3. The third kappa shape index (κ3) is 2.25. The van der Waals surface area contributed by atoms with Gasteiger partial charge in [0.1, 0.15) is 0 Å². The van der Waals surface area contributed by atoms with Crippen LogP contribution in [0.5, 0.6) is 0 Å². The summed E-state index contributed by atoms with van der Waals surface area (Å²) in [6.45, 7) is 4.05. The predicted octanol–water partition coefficient (Wildman–Crippen LogP) is 3.80. The molecule has 0 amide bonds. The first-order valence-corrected chi connectivity index (χ1v) is 7.49. The van der Waals surface area contributed by atoms with Crippen LogP contribution in [0.3, 0.4) is 0 Å². The fourth-order valence-electron chi connectivity index (χ4n) is 3.28. The molecule has 2 aromatic carbocycles. The molecule has 20 heavy (non-hydrogen) atoms. The number of piperidine rings is 1. The van der Waals surface area contributed by atoms with E-state index in [1.165, 1.54) is 5.39 Å². The summed E-state index contributed by atoms with van der Waals surface area (Å²) in [6, 6.07) is 14.3. The maximum atomic E-state index is 13.0. The van der Waals surface area contributed by atoms with Crippen LogP contribution < -0.4 is 5.32 Å². The number of carbonyl (C=O) groups excluding carboxylic acids is 1. The molecule has 0 atom stereocenters. The molecule has 2 heteroatoms. The number of carbonyl (C=O) groups is 1. The van der Waals surface area contributed by atoms with Gasteiger partial charge in [-0.05, 0) is 49.2 Å². The van der Waals surface area contributed by atoms with Crippen molar-refractivity contribution in [2.45, 2.75) is 26.2 Å². The van der Waals surface area contributed by atoms with Crippen LogP contribution in [-0.2, 0) is 0 Å². The van der Waals surface area contributed by atoms with Gasteiger partial charge in [-0.3, -0.25) is 4.79 Å². The third-order valence-electron chi connectivity index (χ3n) is 4.73. The maximum absolute atomic E-state index is 13.0. The van der Waals surface area contributed by atoms with Gasteiger partial charge in [0.15, 0.2) is 5.78 Å². The second-order valence-corrected chi connectivity index (χ2v) is 5.77. The molecule has 1 aliphatic rings. The zero-order chi connectivity index (χ0) is 14.0. The molecule has 1 saturated heterocycles. The van der Waals surface area contributed by atoms with Gasteiger partial charge >= 0.3 is 0 Å². The van der Waals surface area contributed by atoms with Crippen molar-refractivity contribution >= 4 is 16.6 Å². The second-order valence-electron chi connectivity index (χ2n) is 5.77. The molecule has 0 aliphatic carbocycles. The van der Waals surface area contributed by atoms with Crippen LogP contribution >= 0.6 is 0 Å². The van der Waals surface area contributed by atoms with E-state index in [-0.39, 0.29) is 5.41 Å². The molecular formula is C18H21NO. The Balaban J connectivity index is 1.98. The van der Waals surface area contributed by atoms with Crippen molar-refractivity contribution in [1.82, 2.24) is 5.32 Å². The zero-order valence-electron chi connectivity index (χ0n) is 12.0. The highest BCUT2D eigenvalue weighted by atomic mass is 16.1. The molecule has 0 saturated carbocycles.